The first-order valence-corrected chi connectivity index (χ1v) is 9.59. The molecule has 2 aromatic heterocycles. The third-order valence-corrected chi connectivity index (χ3v) is 4.55. The number of aromatic nitrogens is 3. The molecule has 158 valence electrons. The van der Waals surface area contributed by atoms with Crippen molar-refractivity contribution in [2.75, 3.05) is 32.7 Å². The third kappa shape index (κ3) is 4.77. The summed E-state index contributed by atoms with van der Waals surface area (Å²) >= 11 is 0. The maximum Gasteiger partial charge on any atom is 0.165 e. The van der Waals surface area contributed by atoms with Gasteiger partial charge in [0.1, 0.15) is 24.0 Å². The topological polar surface area (TPSA) is 72.7 Å². The van der Waals surface area contributed by atoms with E-state index in [0.29, 0.717) is 36.0 Å². The molecule has 3 aromatic rings. The molecule has 0 aliphatic rings. The van der Waals surface area contributed by atoms with E-state index >= 15 is 0 Å². The summed E-state index contributed by atoms with van der Waals surface area (Å²) in [7, 11) is 3.43. The number of nitrogens with one attached hydrogen (secondary N) is 2. The maximum atomic E-state index is 13.9. The summed E-state index contributed by atoms with van der Waals surface area (Å²) in [4.78, 5) is 4.70. The molecule has 2 N–H and O–H groups in total. The molecule has 1 unspecified atom stereocenters. The Morgan fingerprint density at radius 1 is 1.33 bits per heavy atom. The molecular weight excluding hydrogens is 385 g/mol. The van der Waals surface area contributed by atoms with E-state index in [1.165, 1.54) is 12.1 Å². The standard InChI is InChI=1S/C22H26FN5O2/c1-5-16(13-24-3)19-14-25-28-9-8-21(27-22(19)28)26-15(2)18-12-17(23)6-7-20(18)30-11-10-29-4/h5-9,12-15,24H,1,10-11H2,2-4H3,(H,26,27)/b16-13+. The smallest absolute Gasteiger partial charge is 0.165 e. The van der Waals surface area contributed by atoms with Gasteiger partial charge < -0.3 is 20.1 Å². The molecule has 0 spiro atoms. The summed E-state index contributed by atoms with van der Waals surface area (Å²) in [6.45, 7) is 6.62. The lowest BCUT2D eigenvalue weighted by Gasteiger charge is -2.19. The van der Waals surface area contributed by atoms with Crippen LogP contribution in [-0.2, 0) is 4.74 Å². The van der Waals surface area contributed by atoms with E-state index in [1.54, 1.807) is 30.0 Å². The van der Waals surface area contributed by atoms with Crippen molar-refractivity contribution in [3.05, 3.63) is 72.5 Å². The van der Waals surface area contributed by atoms with E-state index in [4.69, 9.17) is 14.5 Å². The van der Waals surface area contributed by atoms with Gasteiger partial charge in [-0.1, -0.05) is 12.7 Å². The predicted octanol–water partition coefficient (Wildman–Crippen LogP) is 3.81. The van der Waals surface area contributed by atoms with Gasteiger partial charge in [0.15, 0.2) is 5.65 Å². The Bertz CT molecular complexity index is 1050. The Labute approximate surface area is 175 Å². The van der Waals surface area contributed by atoms with E-state index in [-0.39, 0.29) is 11.9 Å². The third-order valence-electron chi connectivity index (χ3n) is 4.55. The highest BCUT2D eigenvalue weighted by Crippen LogP contribution is 2.29. The van der Waals surface area contributed by atoms with Crippen LogP contribution in [0.4, 0.5) is 10.2 Å². The number of benzene rings is 1. The van der Waals surface area contributed by atoms with Gasteiger partial charge in [0.25, 0.3) is 0 Å². The number of methoxy groups -OCH3 is 1. The number of halogens is 1. The maximum absolute atomic E-state index is 13.9. The molecule has 1 atom stereocenters. The Hall–Kier alpha value is -3.39. The van der Waals surface area contributed by atoms with Gasteiger partial charge in [-0.05, 0) is 31.2 Å². The second kappa shape index (κ2) is 9.89. The molecular formula is C22H26FN5O2. The Morgan fingerprint density at radius 2 is 2.17 bits per heavy atom. The van der Waals surface area contributed by atoms with Crippen LogP contribution >= 0.6 is 0 Å². The van der Waals surface area contributed by atoms with Crippen LogP contribution in [-0.4, -0.2) is 42.0 Å². The lowest BCUT2D eigenvalue weighted by Crippen LogP contribution is -2.12. The first-order valence-electron chi connectivity index (χ1n) is 9.59. The van der Waals surface area contributed by atoms with Gasteiger partial charge in [0.2, 0.25) is 0 Å². The van der Waals surface area contributed by atoms with Gasteiger partial charge in [-0.2, -0.15) is 5.10 Å². The van der Waals surface area contributed by atoms with Gasteiger partial charge in [0, 0.05) is 43.3 Å². The van der Waals surface area contributed by atoms with Crippen LogP contribution in [0.1, 0.15) is 24.1 Å². The molecule has 30 heavy (non-hydrogen) atoms. The van der Waals surface area contributed by atoms with Crippen molar-refractivity contribution in [2.24, 2.45) is 0 Å². The molecule has 7 nitrogen and oxygen atoms in total. The average molecular weight is 411 g/mol. The number of hydrogen-bond donors (Lipinski definition) is 2. The summed E-state index contributed by atoms with van der Waals surface area (Å²) in [5, 5.41) is 10.7. The average Bonchev–Trinajstić information content (AvgIpc) is 3.16. The van der Waals surface area contributed by atoms with Gasteiger partial charge >= 0.3 is 0 Å². The molecule has 0 aliphatic heterocycles. The van der Waals surface area contributed by atoms with E-state index in [2.05, 4.69) is 22.3 Å². The number of allylic oxidation sites excluding steroid dienone is 2. The number of rotatable bonds is 10. The van der Waals surface area contributed by atoms with Gasteiger partial charge in [-0.25, -0.2) is 13.9 Å². The highest BCUT2D eigenvalue weighted by molar-refractivity contribution is 5.81. The quantitative estimate of drug-likeness (QED) is 0.390. The predicted molar refractivity (Wildman–Crippen MR) is 116 cm³/mol. The molecule has 2 heterocycles. The fraction of sp³-hybridized carbons (Fsp3) is 0.273. The number of ether oxygens (including phenoxy) is 2. The van der Waals surface area contributed by atoms with Crippen LogP contribution in [0.2, 0.25) is 0 Å². The first-order chi connectivity index (χ1) is 14.6. The highest BCUT2D eigenvalue weighted by Gasteiger charge is 2.15. The van der Waals surface area contributed by atoms with Crippen molar-refractivity contribution < 1.29 is 13.9 Å². The monoisotopic (exact) mass is 411 g/mol. The number of hydrogen-bond acceptors (Lipinski definition) is 6. The van der Waals surface area contributed by atoms with Crippen molar-refractivity contribution in [1.82, 2.24) is 19.9 Å². The van der Waals surface area contributed by atoms with E-state index in [9.17, 15) is 4.39 Å². The largest absolute Gasteiger partial charge is 0.491 e. The van der Waals surface area contributed by atoms with Crippen molar-refractivity contribution in [3.8, 4) is 5.75 Å². The summed E-state index contributed by atoms with van der Waals surface area (Å²) < 4.78 is 26.4. The fourth-order valence-corrected chi connectivity index (χ4v) is 3.08. The van der Waals surface area contributed by atoms with Crippen molar-refractivity contribution in [3.63, 3.8) is 0 Å². The second-order valence-corrected chi connectivity index (χ2v) is 6.62. The van der Waals surface area contributed by atoms with Gasteiger partial charge in [0.05, 0.1) is 18.8 Å². The minimum absolute atomic E-state index is 0.244. The normalized spacial score (nSPS) is 12.6. The Morgan fingerprint density at radius 3 is 2.90 bits per heavy atom. The zero-order valence-corrected chi connectivity index (χ0v) is 17.4. The molecule has 3 rings (SSSR count). The highest BCUT2D eigenvalue weighted by atomic mass is 19.1. The number of nitrogens with zero attached hydrogens (tertiary/aromatic N) is 3. The fourth-order valence-electron chi connectivity index (χ4n) is 3.08. The zero-order chi connectivity index (χ0) is 21.5. The molecule has 0 fully saturated rings. The lowest BCUT2D eigenvalue weighted by atomic mass is 10.1. The summed E-state index contributed by atoms with van der Waals surface area (Å²) in [6.07, 6.45) is 7.15. The number of fused-ring (bicyclic) bond motifs is 1. The molecule has 0 aliphatic carbocycles. The Balaban J connectivity index is 1.88. The summed E-state index contributed by atoms with van der Waals surface area (Å²) in [5.74, 6) is 0.911. The molecule has 8 heteroatoms. The van der Waals surface area contributed by atoms with Crippen molar-refractivity contribution in [1.29, 1.82) is 0 Å². The van der Waals surface area contributed by atoms with Crippen LogP contribution < -0.4 is 15.4 Å². The molecule has 1 aromatic carbocycles. The van der Waals surface area contributed by atoms with Crippen LogP contribution in [0.25, 0.3) is 11.2 Å². The molecule has 0 saturated carbocycles. The minimum Gasteiger partial charge on any atom is -0.491 e. The van der Waals surface area contributed by atoms with E-state index in [0.717, 1.165) is 11.1 Å². The first kappa shape index (κ1) is 21.3. The molecule has 0 saturated heterocycles. The van der Waals surface area contributed by atoms with Crippen LogP contribution in [0.3, 0.4) is 0 Å². The SMILES string of the molecule is C=C/C(=C\NC)c1cnn2ccc(NC(C)c3cc(F)ccc3OCCOC)nc12. The summed E-state index contributed by atoms with van der Waals surface area (Å²) in [6, 6.07) is 6.05. The van der Waals surface area contributed by atoms with Crippen LogP contribution in [0.5, 0.6) is 5.75 Å². The summed E-state index contributed by atoms with van der Waals surface area (Å²) in [5.41, 5.74) is 3.11. The second-order valence-electron chi connectivity index (χ2n) is 6.62. The lowest BCUT2D eigenvalue weighted by molar-refractivity contribution is 0.145. The molecule has 0 radical (unpaired) electrons. The molecule has 0 bridgehead atoms. The zero-order valence-electron chi connectivity index (χ0n) is 17.4. The minimum atomic E-state index is -0.327. The van der Waals surface area contributed by atoms with Crippen molar-refractivity contribution >= 4 is 17.0 Å². The van der Waals surface area contributed by atoms with E-state index < -0.39 is 0 Å². The Kier molecular flexibility index (Phi) is 7.03. The van der Waals surface area contributed by atoms with E-state index in [1.807, 2.05) is 32.4 Å². The van der Waals surface area contributed by atoms with Gasteiger partial charge in [-0.3, -0.25) is 0 Å². The number of anilines is 1. The van der Waals surface area contributed by atoms with Crippen LogP contribution in [0, 0.1) is 5.82 Å². The molecule has 0 amide bonds. The van der Waals surface area contributed by atoms with Gasteiger partial charge in [-0.15, -0.1) is 0 Å². The van der Waals surface area contributed by atoms with Crippen LogP contribution in [0.15, 0.2) is 55.5 Å². The van der Waals surface area contributed by atoms with Crippen molar-refractivity contribution in [2.45, 2.75) is 13.0 Å².